The minimum Gasteiger partial charge on any atom is -0.378 e. The average molecular weight is 346 g/mol. The Morgan fingerprint density at radius 1 is 1.32 bits per heavy atom. The van der Waals surface area contributed by atoms with Crippen LogP contribution in [0.2, 0.25) is 0 Å². The van der Waals surface area contributed by atoms with Crippen molar-refractivity contribution in [3.63, 3.8) is 0 Å². The standard InChI is InChI=1S/C19H26N2O4/c1-20(18(22)10-13-24-14-16-8-5-12-25-16)17-9-11-21(19(17)23)15-6-3-2-4-7-15/h2-4,6-7,16-17H,5,8-14H2,1H3. The monoisotopic (exact) mass is 346 g/mol. The van der Waals surface area contributed by atoms with Crippen LogP contribution in [0.1, 0.15) is 25.7 Å². The number of amides is 2. The summed E-state index contributed by atoms with van der Waals surface area (Å²) in [4.78, 5) is 28.3. The van der Waals surface area contributed by atoms with Gasteiger partial charge in [0.25, 0.3) is 0 Å². The van der Waals surface area contributed by atoms with Crippen molar-refractivity contribution in [2.45, 2.75) is 37.8 Å². The quantitative estimate of drug-likeness (QED) is 0.707. The zero-order valence-corrected chi connectivity index (χ0v) is 14.7. The van der Waals surface area contributed by atoms with Gasteiger partial charge in [-0.05, 0) is 31.4 Å². The smallest absolute Gasteiger partial charge is 0.249 e. The van der Waals surface area contributed by atoms with E-state index in [0.29, 0.717) is 32.6 Å². The third-order valence-corrected chi connectivity index (χ3v) is 4.89. The van der Waals surface area contributed by atoms with Gasteiger partial charge in [0.05, 0.1) is 25.7 Å². The van der Waals surface area contributed by atoms with Crippen LogP contribution in [0.25, 0.3) is 0 Å². The summed E-state index contributed by atoms with van der Waals surface area (Å²) in [7, 11) is 1.71. The number of hydrogen-bond acceptors (Lipinski definition) is 4. The fraction of sp³-hybridized carbons (Fsp3) is 0.579. The van der Waals surface area contributed by atoms with Crippen molar-refractivity contribution in [1.82, 2.24) is 4.90 Å². The molecular formula is C19H26N2O4. The SMILES string of the molecule is CN(C(=O)CCOCC1CCCO1)C1CCN(c2ccccc2)C1=O. The number of anilines is 1. The van der Waals surface area contributed by atoms with Crippen LogP contribution in [0, 0.1) is 0 Å². The molecule has 0 radical (unpaired) electrons. The average Bonchev–Trinajstić information content (AvgIpc) is 3.28. The Balaban J connectivity index is 1.44. The van der Waals surface area contributed by atoms with E-state index in [1.165, 1.54) is 0 Å². The van der Waals surface area contributed by atoms with E-state index in [-0.39, 0.29) is 24.0 Å². The lowest BCUT2D eigenvalue weighted by Gasteiger charge is -2.24. The van der Waals surface area contributed by atoms with Gasteiger partial charge >= 0.3 is 0 Å². The van der Waals surface area contributed by atoms with E-state index < -0.39 is 0 Å². The minimum absolute atomic E-state index is 0.0117. The Bertz CT molecular complexity index is 586. The first-order valence-electron chi connectivity index (χ1n) is 8.98. The number of nitrogens with zero attached hydrogens (tertiary/aromatic N) is 2. The predicted octanol–water partition coefficient (Wildman–Crippen LogP) is 1.84. The molecule has 2 aliphatic heterocycles. The van der Waals surface area contributed by atoms with Gasteiger partial charge in [-0.1, -0.05) is 18.2 Å². The Kier molecular flexibility index (Phi) is 6.04. The van der Waals surface area contributed by atoms with Crippen molar-refractivity contribution in [2.24, 2.45) is 0 Å². The molecule has 0 bridgehead atoms. The molecule has 0 aliphatic carbocycles. The van der Waals surface area contributed by atoms with Gasteiger partial charge < -0.3 is 19.3 Å². The Labute approximate surface area is 148 Å². The van der Waals surface area contributed by atoms with Gasteiger partial charge in [0.1, 0.15) is 6.04 Å². The molecule has 2 fully saturated rings. The summed E-state index contributed by atoms with van der Waals surface area (Å²) in [6.07, 6.45) is 3.23. The van der Waals surface area contributed by atoms with Crippen molar-refractivity contribution < 1.29 is 19.1 Å². The highest BCUT2D eigenvalue weighted by molar-refractivity contribution is 6.01. The summed E-state index contributed by atoms with van der Waals surface area (Å²) in [5.41, 5.74) is 0.885. The van der Waals surface area contributed by atoms with Gasteiger partial charge in [-0.15, -0.1) is 0 Å². The summed E-state index contributed by atoms with van der Waals surface area (Å²) in [5.74, 6) is -0.0667. The summed E-state index contributed by atoms with van der Waals surface area (Å²) in [5, 5.41) is 0. The van der Waals surface area contributed by atoms with E-state index in [2.05, 4.69) is 0 Å². The molecule has 2 amide bonds. The van der Waals surface area contributed by atoms with Crippen LogP contribution in [-0.2, 0) is 19.1 Å². The lowest BCUT2D eigenvalue weighted by atomic mass is 10.2. The molecule has 2 atom stereocenters. The number of likely N-dealkylation sites (N-methyl/N-ethyl adjacent to an activating group) is 1. The first-order valence-corrected chi connectivity index (χ1v) is 8.98. The number of carbonyl (C=O) groups excluding carboxylic acids is 2. The summed E-state index contributed by atoms with van der Waals surface area (Å²) < 4.78 is 11.0. The Morgan fingerprint density at radius 3 is 2.84 bits per heavy atom. The highest BCUT2D eigenvalue weighted by atomic mass is 16.5. The Hall–Kier alpha value is -1.92. The summed E-state index contributed by atoms with van der Waals surface area (Å²) in [6.45, 7) is 2.35. The first kappa shape index (κ1) is 17.9. The van der Waals surface area contributed by atoms with Gasteiger partial charge in [0.15, 0.2) is 0 Å². The van der Waals surface area contributed by atoms with Crippen molar-refractivity contribution in [3.8, 4) is 0 Å². The molecule has 2 heterocycles. The topological polar surface area (TPSA) is 59.1 Å². The van der Waals surface area contributed by atoms with Crippen LogP contribution in [0.4, 0.5) is 5.69 Å². The Morgan fingerprint density at radius 2 is 2.12 bits per heavy atom. The second kappa shape index (κ2) is 8.45. The van der Waals surface area contributed by atoms with Gasteiger partial charge in [-0.2, -0.15) is 0 Å². The highest BCUT2D eigenvalue weighted by Gasteiger charge is 2.36. The van der Waals surface area contributed by atoms with Gasteiger partial charge in [0.2, 0.25) is 11.8 Å². The van der Waals surface area contributed by atoms with E-state index >= 15 is 0 Å². The molecule has 2 unspecified atom stereocenters. The molecule has 6 heteroatoms. The number of para-hydroxylation sites is 1. The number of benzene rings is 1. The number of rotatable bonds is 7. The lowest BCUT2D eigenvalue weighted by molar-refractivity contribution is -0.137. The second-order valence-corrected chi connectivity index (χ2v) is 6.59. The molecule has 1 aromatic carbocycles. The zero-order valence-electron chi connectivity index (χ0n) is 14.7. The van der Waals surface area contributed by atoms with E-state index in [1.807, 2.05) is 30.3 Å². The molecule has 0 aromatic heterocycles. The molecule has 1 aromatic rings. The maximum atomic E-state index is 12.6. The van der Waals surface area contributed by atoms with Gasteiger partial charge in [-0.25, -0.2) is 0 Å². The summed E-state index contributed by atoms with van der Waals surface area (Å²) >= 11 is 0. The van der Waals surface area contributed by atoms with Gasteiger partial charge in [0, 0.05) is 25.9 Å². The zero-order chi connectivity index (χ0) is 17.6. The van der Waals surface area contributed by atoms with Crippen LogP contribution >= 0.6 is 0 Å². The number of carbonyl (C=O) groups is 2. The third-order valence-electron chi connectivity index (χ3n) is 4.89. The number of hydrogen-bond donors (Lipinski definition) is 0. The largest absolute Gasteiger partial charge is 0.378 e. The van der Waals surface area contributed by atoms with Crippen LogP contribution in [-0.4, -0.2) is 62.3 Å². The van der Waals surface area contributed by atoms with Crippen molar-refractivity contribution in [1.29, 1.82) is 0 Å². The molecule has 136 valence electrons. The van der Waals surface area contributed by atoms with Crippen LogP contribution < -0.4 is 4.90 Å². The normalized spacial score (nSPS) is 23.2. The third kappa shape index (κ3) is 4.38. The lowest BCUT2D eigenvalue weighted by Crippen LogP contribution is -2.43. The highest BCUT2D eigenvalue weighted by Crippen LogP contribution is 2.24. The molecule has 25 heavy (non-hydrogen) atoms. The number of ether oxygens (including phenoxy) is 2. The fourth-order valence-electron chi connectivity index (χ4n) is 3.39. The maximum Gasteiger partial charge on any atom is 0.249 e. The maximum absolute atomic E-state index is 12.6. The van der Waals surface area contributed by atoms with Gasteiger partial charge in [-0.3, -0.25) is 9.59 Å². The molecule has 6 nitrogen and oxygen atoms in total. The van der Waals surface area contributed by atoms with Crippen LogP contribution in [0.5, 0.6) is 0 Å². The van der Waals surface area contributed by atoms with Crippen LogP contribution in [0.15, 0.2) is 30.3 Å². The van der Waals surface area contributed by atoms with Crippen molar-refractivity contribution >= 4 is 17.5 Å². The molecule has 3 rings (SSSR count). The molecule has 0 saturated carbocycles. The van der Waals surface area contributed by atoms with Crippen molar-refractivity contribution in [3.05, 3.63) is 30.3 Å². The molecule has 2 saturated heterocycles. The minimum atomic E-state index is -0.383. The summed E-state index contributed by atoms with van der Waals surface area (Å²) in [6, 6.07) is 9.20. The molecule has 0 spiro atoms. The fourth-order valence-corrected chi connectivity index (χ4v) is 3.39. The van der Waals surface area contributed by atoms with Crippen molar-refractivity contribution in [2.75, 3.05) is 38.3 Å². The molecule has 0 N–H and O–H groups in total. The van der Waals surface area contributed by atoms with Crippen LogP contribution in [0.3, 0.4) is 0 Å². The van der Waals surface area contributed by atoms with E-state index in [0.717, 1.165) is 25.1 Å². The molecule has 2 aliphatic rings. The second-order valence-electron chi connectivity index (χ2n) is 6.59. The predicted molar refractivity (Wildman–Crippen MR) is 94.4 cm³/mol. The van der Waals surface area contributed by atoms with E-state index in [1.54, 1.807) is 16.8 Å². The van der Waals surface area contributed by atoms with E-state index in [9.17, 15) is 9.59 Å². The van der Waals surface area contributed by atoms with E-state index in [4.69, 9.17) is 9.47 Å². The first-order chi connectivity index (χ1) is 12.2. The molecular weight excluding hydrogens is 320 g/mol.